The van der Waals surface area contributed by atoms with Crippen molar-refractivity contribution < 1.29 is 28.6 Å². The van der Waals surface area contributed by atoms with Crippen molar-refractivity contribution in [2.75, 3.05) is 27.4 Å². The van der Waals surface area contributed by atoms with E-state index in [4.69, 9.17) is 14.2 Å². The highest BCUT2D eigenvalue weighted by Gasteiger charge is 2.44. The summed E-state index contributed by atoms with van der Waals surface area (Å²) in [6.07, 6.45) is -0.0520. The molecule has 0 saturated carbocycles. The zero-order chi connectivity index (χ0) is 22.7. The lowest BCUT2D eigenvalue weighted by molar-refractivity contribution is -0.134. The van der Waals surface area contributed by atoms with Gasteiger partial charge in [-0.15, -0.1) is 0 Å². The summed E-state index contributed by atoms with van der Waals surface area (Å²) in [5.41, 5.74) is 1.83. The molecule has 2 aliphatic rings. The SMILES string of the molecule is COc1ccc(CN2C[C@H](C(=O)N3C(=O)OC[C@H]3Cc3ccccc3)CC2=O)c(OC)c1. The predicted octanol–water partition coefficient (Wildman–Crippen LogP) is 2.64. The zero-order valence-electron chi connectivity index (χ0n) is 18.2. The maximum Gasteiger partial charge on any atom is 0.416 e. The summed E-state index contributed by atoms with van der Waals surface area (Å²) < 4.78 is 15.8. The van der Waals surface area contributed by atoms with Crippen LogP contribution in [0.15, 0.2) is 48.5 Å². The summed E-state index contributed by atoms with van der Waals surface area (Å²) in [7, 11) is 3.13. The lowest BCUT2D eigenvalue weighted by Gasteiger charge is -2.23. The molecule has 2 heterocycles. The second-order valence-electron chi connectivity index (χ2n) is 7.98. The number of methoxy groups -OCH3 is 2. The van der Waals surface area contributed by atoms with Crippen LogP contribution in [0.3, 0.4) is 0 Å². The van der Waals surface area contributed by atoms with Gasteiger partial charge in [0, 0.05) is 31.1 Å². The van der Waals surface area contributed by atoms with Crippen LogP contribution in [0.2, 0.25) is 0 Å². The largest absolute Gasteiger partial charge is 0.497 e. The third-order valence-corrected chi connectivity index (χ3v) is 5.93. The second kappa shape index (κ2) is 9.30. The molecule has 2 aliphatic heterocycles. The fraction of sp³-hybridized carbons (Fsp3) is 0.375. The van der Waals surface area contributed by atoms with Gasteiger partial charge in [0.1, 0.15) is 18.1 Å². The second-order valence-corrected chi connectivity index (χ2v) is 7.98. The number of nitrogens with zero attached hydrogens (tertiary/aromatic N) is 2. The van der Waals surface area contributed by atoms with E-state index >= 15 is 0 Å². The van der Waals surface area contributed by atoms with Crippen molar-refractivity contribution in [3.8, 4) is 11.5 Å². The first-order chi connectivity index (χ1) is 15.5. The first kappa shape index (κ1) is 21.7. The lowest BCUT2D eigenvalue weighted by atomic mass is 10.0. The smallest absolute Gasteiger partial charge is 0.416 e. The number of imide groups is 1. The molecular weight excluding hydrogens is 412 g/mol. The minimum absolute atomic E-state index is 0.0686. The number of cyclic esters (lactones) is 1. The van der Waals surface area contributed by atoms with Crippen LogP contribution in [0, 0.1) is 5.92 Å². The predicted molar refractivity (Wildman–Crippen MR) is 115 cm³/mol. The first-order valence-electron chi connectivity index (χ1n) is 10.5. The molecule has 3 amide bonds. The van der Waals surface area contributed by atoms with Gasteiger partial charge in [-0.25, -0.2) is 9.69 Å². The fourth-order valence-corrected chi connectivity index (χ4v) is 4.24. The van der Waals surface area contributed by atoms with Crippen LogP contribution >= 0.6 is 0 Å². The Bertz CT molecular complexity index is 1010. The molecule has 168 valence electrons. The average Bonchev–Trinajstić information content (AvgIpc) is 3.36. The van der Waals surface area contributed by atoms with Crippen molar-refractivity contribution >= 4 is 17.9 Å². The minimum Gasteiger partial charge on any atom is -0.497 e. The summed E-state index contributed by atoms with van der Waals surface area (Å²) in [5, 5.41) is 0. The molecule has 0 radical (unpaired) electrons. The van der Waals surface area contributed by atoms with Gasteiger partial charge in [-0.3, -0.25) is 9.59 Å². The number of amides is 3. The van der Waals surface area contributed by atoms with E-state index in [0.717, 1.165) is 11.1 Å². The van der Waals surface area contributed by atoms with Crippen LogP contribution in [-0.2, 0) is 27.3 Å². The Balaban J connectivity index is 1.45. The van der Waals surface area contributed by atoms with E-state index < -0.39 is 12.0 Å². The standard InChI is InChI=1S/C24H26N2O6/c1-30-20-9-8-17(21(12-20)31-2)13-25-14-18(11-22(25)27)23(28)26-19(15-32-24(26)29)10-16-6-4-3-5-7-16/h3-9,12,18-19H,10-11,13-15H2,1-2H3/t18-,19-/m1/s1. The van der Waals surface area contributed by atoms with E-state index in [1.165, 1.54) is 4.90 Å². The summed E-state index contributed by atoms with van der Waals surface area (Å²) in [6.45, 7) is 0.718. The van der Waals surface area contributed by atoms with Gasteiger partial charge in [0.05, 0.1) is 26.2 Å². The van der Waals surface area contributed by atoms with E-state index in [-0.39, 0.29) is 37.4 Å². The van der Waals surface area contributed by atoms with Crippen molar-refractivity contribution in [2.45, 2.75) is 25.4 Å². The molecule has 0 unspecified atom stereocenters. The topological polar surface area (TPSA) is 85.4 Å². The average molecular weight is 438 g/mol. The van der Waals surface area contributed by atoms with Gasteiger partial charge in [0.25, 0.3) is 0 Å². The number of benzene rings is 2. The summed E-state index contributed by atoms with van der Waals surface area (Å²) in [5.74, 6) is 0.191. The Morgan fingerprint density at radius 2 is 1.88 bits per heavy atom. The number of ether oxygens (including phenoxy) is 3. The fourth-order valence-electron chi connectivity index (χ4n) is 4.24. The third kappa shape index (κ3) is 4.39. The van der Waals surface area contributed by atoms with E-state index in [9.17, 15) is 14.4 Å². The lowest BCUT2D eigenvalue weighted by Crippen LogP contribution is -2.44. The number of hydrogen-bond acceptors (Lipinski definition) is 6. The number of hydrogen-bond donors (Lipinski definition) is 0. The van der Waals surface area contributed by atoms with Gasteiger partial charge in [0.2, 0.25) is 11.8 Å². The normalized spacial score (nSPS) is 20.4. The molecule has 2 saturated heterocycles. The van der Waals surface area contributed by atoms with E-state index in [1.807, 2.05) is 36.4 Å². The highest BCUT2D eigenvalue weighted by molar-refractivity contribution is 5.98. The van der Waals surface area contributed by atoms with Crippen LogP contribution in [0.1, 0.15) is 17.5 Å². The van der Waals surface area contributed by atoms with Gasteiger partial charge >= 0.3 is 6.09 Å². The molecule has 2 aromatic rings. The molecule has 8 heteroatoms. The molecular formula is C24H26N2O6. The molecule has 2 fully saturated rings. The van der Waals surface area contributed by atoms with Crippen LogP contribution in [-0.4, -0.2) is 61.1 Å². The molecule has 32 heavy (non-hydrogen) atoms. The maximum absolute atomic E-state index is 13.2. The molecule has 2 aromatic carbocycles. The Morgan fingerprint density at radius 1 is 1.09 bits per heavy atom. The monoisotopic (exact) mass is 438 g/mol. The Kier molecular flexibility index (Phi) is 6.30. The van der Waals surface area contributed by atoms with Crippen molar-refractivity contribution in [3.05, 3.63) is 59.7 Å². The minimum atomic E-state index is -0.640. The summed E-state index contributed by atoms with van der Waals surface area (Å²) >= 11 is 0. The Morgan fingerprint density at radius 3 is 2.59 bits per heavy atom. The molecule has 8 nitrogen and oxygen atoms in total. The van der Waals surface area contributed by atoms with Crippen molar-refractivity contribution in [2.24, 2.45) is 5.92 Å². The zero-order valence-corrected chi connectivity index (χ0v) is 18.2. The van der Waals surface area contributed by atoms with Crippen LogP contribution in [0.4, 0.5) is 4.79 Å². The summed E-state index contributed by atoms with van der Waals surface area (Å²) in [4.78, 5) is 41.0. The number of carbonyl (C=O) groups excluding carboxylic acids is 3. The molecule has 2 atom stereocenters. The van der Waals surface area contributed by atoms with Crippen LogP contribution in [0.5, 0.6) is 11.5 Å². The third-order valence-electron chi connectivity index (χ3n) is 5.93. The highest BCUT2D eigenvalue weighted by Crippen LogP contribution is 2.30. The molecule has 0 aromatic heterocycles. The van der Waals surface area contributed by atoms with Gasteiger partial charge in [-0.05, 0) is 24.1 Å². The summed E-state index contributed by atoms with van der Waals surface area (Å²) in [6, 6.07) is 14.7. The Labute approximate surface area is 186 Å². The van der Waals surface area contributed by atoms with Gasteiger partial charge in [-0.2, -0.15) is 0 Å². The van der Waals surface area contributed by atoms with Gasteiger partial charge in [0.15, 0.2) is 0 Å². The van der Waals surface area contributed by atoms with Gasteiger partial charge < -0.3 is 19.1 Å². The van der Waals surface area contributed by atoms with E-state index in [1.54, 1.807) is 31.3 Å². The van der Waals surface area contributed by atoms with E-state index in [0.29, 0.717) is 24.5 Å². The Hall–Kier alpha value is -3.55. The number of rotatable bonds is 7. The van der Waals surface area contributed by atoms with Crippen molar-refractivity contribution in [3.63, 3.8) is 0 Å². The van der Waals surface area contributed by atoms with Crippen molar-refractivity contribution in [1.82, 2.24) is 9.80 Å². The molecule has 0 spiro atoms. The molecule has 0 aliphatic carbocycles. The maximum atomic E-state index is 13.2. The van der Waals surface area contributed by atoms with Crippen LogP contribution in [0.25, 0.3) is 0 Å². The first-order valence-corrected chi connectivity index (χ1v) is 10.5. The van der Waals surface area contributed by atoms with Crippen molar-refractivity contribution in [1.29, 1.82) is 0 Å². The van der Waals surface area contributed by atoms with Gasteiger partial charge in [-0.1, -0.05) is 30.3 Å². The molecule has 0 N–H and O–H groups in total. The number of likely N-dealkylation sites (tertiary alicyclic amines) is 1. The quantitative estimate of drug-likeness (QED) is 0.661. The molecule has 4 rings (SSSR count). The van der Waals surface area contributed by atoms with E-state index in [2.05, 4.69) is 0 Å². The van der Waals surface area contributed by atoms with Crippen LogP contribution < -0.4 is 9.47 Å². The highest BCUT2D eigenvalue weighted by atomic mass is 16.6. The molecule has 0 bridgehead atoms. The number of carbonyl (C=O) groups is 3.